The van der Waals surface area contributed by atoms with Crippen molar-refractivity contribution < 1.29 is 4.79 Å². The highest BCUT2D eigenvalue weighted by Gasteiger charge is 2.55. The fraction of sp³-hybridized carbons (Fsp3) is 0.650. The standard InChI is InChI=1S/C20H26O/c1-13(21)18-9-10-19-17-8-7-14-5-3-4-6-15(14)16(17)11-12-20(18,19)2/h3-6,16-19H,7-12H2,1-2H3. The summed E-state index contributed by atoms with van der Waals surface area (Å²) in [4.78, 5) is 12.1. The van der Waals surface area contributed by atoms with Crippen molar-refractivity contribution in [2.45, 2.75) is 58.3 Å². The number of carbonyl (C=O) groups is 1. The van der Waals surface area contributed by atoms with Gasteiger partial charge in [0.15, 0.2) is 0 Å². The number of hydrogen-bond donors (Lipinski definition) is 0. The summed E-state index contributed by atoms with van der Waals surface area (Å²) in [5, 5.41) is 0. The van der Waals surface area contributed by atoms with Gasteiger partial charge in [0.25, 0.3) is 0 Å². The van der Waals surface area contributed by atoms with Crippen LogP contribution in [0.25, 0.3) is 0 Å². The molecule has 0 heterocycles. The maximum atomic E-state index is 12.1. The minimum atomic E-state index is 0.291. The number of ketones is 1. The molecule has 3 aliphatic rings. The molecule has 0 amide bonds. The second kappa shape index (κ2) is 4.69. The maximum absolute atomic E-state index is 12.1. The van der Waals surface area contributed by atoms with E-state index in [9.17, 15) is 4.79 Å². The molecular formula is C20H26O. The quantitative estimate of drug-likeness (QED) is 0.726. The fourth-order valence-electron chi connectivity index (χ4n) is 6.19. The molecule has 112 valence electrons. The highest BCUT2D eigenvalue weighted by Crippen LogP contribution is 2.62. The number of carbonyl (C=O) groups excluding carboxylic acids is 1. The normalized spacial score (nSPS) is 41.0. The van der Waals surface area contributed by atoms with Gasteiger partial charge in [0, 0.05) is 5.92 Å². The van der Waals surface area contributed by atoms with Crippen LogP contribution in [-0.2, 0) is 11.2 Å². The molecule has 0 radical (unpaired) electrons. The van der Waals surface area contributed by atoms with Crippen LogP contribution in [0.1, 0.15) is 63.0 Å². The number of aryl methyl sites for hydroxylation is 1. The van der Waals surface area contributed by atoms with Gasteiger partial charge in [0.05, 0.1) is 0 Å². The van der Waals surface area contributed by atoms with E-state index in [1.54, 1.807) is 11.1 Å². The van der Waals surface area contributed by atoms with Crippen molar-refractivity contribution in [3.05, 3.63) is 35.4 Å². The van der Waals surface area contributed by atoms with Crippen molar-refractivity contribution in [1.29, 1.82) is 0 Å². The molecule has 1 heteroatoms. The molecule has 0 N–H and O–H groups in total. The van der Waals surface area contributed by atoms with Gasteiger partial charge >= 0.3 is 0 Å². The topological polar surface area (TPSA) is 17.1 Å². The lowest BCUT2D eigenvalue weighted by Crippen LogP contribution is -2.43. The van der Waals surface area contributed by atoms with E-state index < -0.39 is 0 Å². The van der Waals surface area contributed by atoms with Gasteiger partial charge in [-0.3, -0.25) is 4.79 Å². The number of benzene rings is 1. The van der Waals surface area contributed by atoms with Crippen LogP contribution in [0.4, 0.5) is 0 Å². The van der Waals surface area contributed by atoms with E-state index in [0.717, 1.165) is 24.2 Å². The Labute approximate surface area is 128 Å². The Morgan fingerprint density at radius 1 is 1.14 bits per heavy atom. The summed E-state index contributed by atoms with van der Waals surface area (Å²) < 4.78 is 0. The summed E-state index contributed by atoms with van der Waals surface area (Å²) in [7, 11) is 0. The van der Waals surface area contributed by atoms with Gasteiger partial charge < -0.3 is 0 Å². The highest BCUT2D eigenvalue weighted by atomic mass is 16.1. The van der Waals surface area contributed by atoms with Gasteiger partial charge in [0.1, 0.15) is 5.78 Å². The molecule has 4 rings (SSSR count). The van der Waals surface area contributed by atoms with Gasteiger partial charge in [-0.05, 0) is 79.7 Å². The van der Waals surface area contributed by atoms with Crippen LogP contribution in [0.5, 0.6) is 0 Å². The summed E-state index contributed by atoms with van der Waals surface area (Å²) in [6.07, 6.45) is 7.54. The van der Waals surface area contributed by atoms with Gasteiger partial charge in [-0.2, -0.15) is 0 Å². The van der Waals surface area contributed by atoms with Crippen LogP contribution in [0.15, 0.2) is 24.3 Å². The average molecular weight is 282 g/mol. The molecule has 0 saturated heterocycles. The van der Waals surface area contributed by atoms with Crippen LogP contribution in [0.3, 0.4) is 0 Å². The molecule has 1 aromatic carbocycles. The van der Waals surface area contributed by atoms with Crippen molar-refractivity contribution in [3.63, 3.8) is 0 Å². The Bertz CT molecular complexity index is 575. The summed E-state index contributed by atoms with van der Waals surface area (Å²) >= 11 is 0. The minimum absolute atomic E-state index is 0.291. The minimum Gasteiger partial charge on any atom is -0.300 e. The van der Waals surface area contributed by atoms with E-state index >= 15 is 0 Å². The number of hydrogen-bond acceptors (Lipinski definition) is 1. The average Bonchev–Trinajstić information content (AvgIpc) is 2.84. The lowest BCUT2D eigenvalue weighted by molar-refractivity contribution is -0.125. The zero-order chi connectivity index (χ0) is 14.6. The van der Waals surface area contributed by atoms with Crippen LogP contribution in [0, 0.1) is 23.2 Å². The SMILES string of the molecule is CC(=O)C1CCC2C3CCc4ccccc4C3CCC12C. The number of fused-ring (bicyclic) bond motifs is 5. The van der Waals surface area contributed by atoms with Crippen LogP contribution < -0.4 is 0 Å². The Morgan fingerprint density at radius 3 is 2.76 bits per heavy atom. The third-order valence-corrected chi connectivity index (χ3v) is 7.13. The molecule has 0 spiro atoms. The fourth-order valence-corrected chi connectivity index (χ4v) is 6.19. The van der Waals surface area contributed by atoms with E-state index in [1.807, 2.05) is 6.92 Å². The third-order valence-electron chi connectivity index (χ3n) is 7.13. The number of rotatable bonds is 1. The predicted molar refractivity (Wildman–Crippen MR) is 85.2 cm³/mol. The van der Waals surface area contributed by atoms with Crippen molar-refractivity contribution in [1.82, 2.24) is 0 Å². The molecule has 5 atom stereocenters. The molecule has 2 saturated carbocycles. The third kappa shape index (κ3) is 1.86. The molecule has 21 heavy (non-hydrogen) atoms. The van der Waals surface area contributed by atoms with Crippen LogP contribution in [-0.4, -0.2) is 5.78 Å². The second-order valence-electron chi connectivity index (χ2n) is 7.90. The summed E-state index contributed by atoms with van der Waals surface area (Å²) in [5.74, 6) is 3.13. The zero-order valence-corrected chi connectivity index (χ0v) is 13.3. The van der Waals surface area contributed by atoms with E-state index in [-0.39, 0.29) is 0 Å². The van der Waals surface area contributed by atoms with Crippen molar-refractivity contribution >= 4 is 5.78 Å². The molecular weight excluding hydrogens is 256 g/mol. The van der Waals surface area contributed by atoms with Gasteiger partial charge in [-0.15, -0.1) is 0 Å². The van der Waals surface area contributed by atoms with Gasteiger partial charge in [0.2, 0.25) is 0 Å². The maximum Gasteiger partial charge on any atom is 0.133 e. The molecule has 0 bridgehead atoms. The first-order valence-corrected chi connectivity index (χ1v) is 8.69. The van der Waals surface area contributed by atoms with Crippen LogP contribution >= 0.6 is 0 Å². The molecule has 5 unspecified atom stereocenters. The monoisotopic (exact) mass is 282 g/mol. The summed E-state index contributed by atoms with van der Waals surface area (Å²) in [5.41, 5.74) is 3.50. The van der Waals surface area contributed by atoms with Crippen LogP contribution in [0.2, 0.25) is 0 Å². The Morgan fingerprint density at radius 2 is 1.95 bits per heavy atom. The summed E-state index contributed by atoms with van der Waals surface area (Å²) in [6.45, 7) is 4.24. The molecule has 0 aliphatic heterocycles. The van der Waals surface area contributed by atoms with Gasteiger partial charge in [-0.25, -0.2) is 0 Å². The Balaban J connectivity index is 1.69. The first-order chi connectivity index (χ1) is 10.1. The molecule has 3 aliphatic carbocycles. The van der Waals surface area contributed by atoms with Crippen molar-refractivity contribution in [3.8, 4) is 0 Å². The smallest absolute Gasteiger partial charge is 0.133 e. The molecule has 1 aromatic rings. The zero-order valence-electron chi connectivity index (χ0n) is 13.3. The largest absolute Gasteiger partial charge is 0.300 e. The molecule has 2 fully saturated rings. The van der Waals surface area contributed by atoms with E-state index in [2.05, 4.69) is 31.2 Å². The Hall–Kier alpha value is -1.11. The van der Waals surface area contributed by atoms with Crippen molar-refractivity contribution in [2.24, 2.45) is 23.2 Å². The van der Waals surface area contributed by atoms with Gasteiger partial charge in [-0.1, -0.05) is 31.2 Å². The van der Waals surface area contributed by atoms with E-state index in [1.165, 1.54) is 32.1 Å². The lowest BCUT2D eigenvalue weighted by Gasteiger charge is -2.50. The summed E-state index contributed by atoms with van der Waals surface area (Å²) in [6, 6.07) is 9.09. The molecule has 0 aromatic heterocycles. The second-order valence-corrected chi connectivity index (χ2v) is 7.90. The van der Waals surface area contributed by atoms with E-state index in [4.69, 9.17) is 0 Å². The first kappa shape index (κ1) is 13.5. The van der Waals surface area contributed by atoms with Crippen molar-refractivity contribution in [2.75, 3.05) is 0 Å². The first-order valence-electron chi connectivity index (χ1n) is 8.69. The highest BCUT2D eigenvalue weighted by molar-refractivity contribution is 5.79. The van der Waals surface area contributed by atoms with E-state index in [0.29, 0.717) is 17.1 Å². The molecule has 1 nitrogen and oxygen atoms in total. The predicted octanol–water partition coefficient (Wildman–Crippen LogP) is 4.75. The Kier molecular flexibility index (Phi) is 3.03. The lowest BCUT2D eigenvalue weighted by atomic mass is 9.54. The number of Topliss-reactive ketones (excluding diaryl/α,β-unsaturated/α-hetero) is 1.